The summed E-state index contributed by atoms with van der Waals surface area (Å²) in [7, 11) is 0.741. The summed E-state index contributed by atoms with van der Waals surface area (Å²) >= 11 is 0. The van der Waals surface area contributed by atoms with Crippen LogP contribution in [0.1, 0.15) is 38.8 Å². The van der Waals surface area contributed by atoms with Gasteiger partial charge in [-0.25, -0.2) is 9.79 Å². The van der Waals surface area contributed by atoms with E-state index >= 15 is 0 Å². The molecule has 0 aromatic heterocycles. The van der Waals surface area contributed by atoms with E-state index in [-0.39, 0.29) is 5.71 Å². The number of aliphatic imine (C=N–C) groups is 1. The summed E-state index contributed by atoms with van der Waals surface area (Å²) in [5.41, 5.74) is 1.39. The molecule has 0 amide bonds. The second kappa shape index (κ2) is 6.66. The number of ether oxygens (including phenoxy) is 1. The van der Waals surface area contributed by atoms with E-state index in [0.29, 0.717) is 5.56 Å². The number of hydrogen-bond acceptors (Lipinski definition) is 6. The Bertz CT molecular complexity index is 653. The Balaban J connectivity index is 2.43. The minimum atomic E-state index is -0.599. The smallest absolute Gasteiger partial charge is 0.464 e. The molecule has 1 heterocycles. The van der Waals surface area contributed by atoms with Gasteiger partial charge in [-0.1, -0.05) is 18.2 Å². The van der Waals surface area contributed by atoms with Crippen LogP contribution in [0.3, 0.4) is 0 Å². The monoisotopic (exact) mass is 333 g/mol. The number of carbonyl (C=O) groups is 1. The van der Waals surface area contributed by atoms with E-state index in [0.717, 1.165) is 11.0 Å². The molecule has 6 nitrogen and oxygen atoms in total. The maximum absolute atomic E-state index is 12.0. The van der Waals surface area contributed by atoms with Crippen LogP contribution in [0.25, 0.3) is 0 Å². The molecule has 0 aliphatic carbocycles. The van der Waals surface area contributed by atoms with E-state index in [1.807, 2.05) is 46.8 Å². The zero-order valence-corrected chi connectivity index (χ0v) is 15.0. The fourth-order valence-corrected chi connectivity index (χ4v) is 2.45. The number of esters is 1. The van der Waals surface area contributed by atoms with Crippen molar-refractivity contribution in [2.75, 3.05) is 13.8 Å². The quantitative estimate of drug-likeness (QED) is 0.509. The number of benzene rings is 1. The minimum Gasteiger partial charge on any atom is -0.464 e. The maximum atomic E-state index is 12.0. The first-order valence-corrected chi connectivity index (χ1v) is 7.83. The fraction of sp³-hybridized carbons (Fsp3) is 0.529. The molecule has 0 spiro atoms. The lowest BCUT2D eigenvalue weighted by atomic mass is 9.77. The Morgan fingerprint density at radius 1 is 1.25 bits per heavy atom. The van der Waals surface area contributed by atoms with Crippen molar-refractivity contribution in [1.29, 1.82) is 0 Å². The van der Waals surface area contributed by atoms with Crippen molar-refractivity contribution in [3.63, 3.8) is 0 Å². The Kier molecular flexibility index (Phi) is 5.18. The number of aliphatic hydroxyl groups is 1. The molecule has 0 saturated carbocycles. The largest absolute Gasteiger partial charge is 0.494 e. The molecule has 1 aliphatic heterocycles. The lowest BCUT2D eigenvalue weighted by molar-refractivity contribution is -0.132. The highest BCUT2D eigenvalue weighted by molar-refractivity contribution is 6.62. The molecule has 0 bridgehead atoms. The highest BCUT2D eigenvalue weighted by Gasteiger charge is 2.51. The lowest BCUT2D eigenvalue weighted by Gasteiger charge is -2.32. The average Bonchev–Trinajstić information content (AvgIpc) is 2.73. The molecular weight excluding hydrogens is 309 g/mol. The first-order valence-electron chi connectivity index (χ1n) is 7.83. The van der Waals surface area contributed by atoms with Gasteiger partial charge in [0, 0.05) is 5.56 Å². The topological polar surface area (TPSA) is 77.4 Å². The van der Waals surface area contributed by atoms with Gasteiger partial charge in [0.05, 0.1) is 18.3 Å². The summed E-state index contributed by atoms with van der Waals surface area (Å²) in [6.45, 7) is 9.29. The van der Waals surface area contributed by atoms with Crippen LogP contribution in [0, 0.1) is 6.92 Å². The zero-order chi connectivity index (χ0) is 18.1. The Labute approximate surface area is 143 Å². The number of nitrogens with zero attached hydrogens (tertiary/aromatic N) is 1. The fourth-order valence-electron chi connectivity index (χ4n) is 2.45. The number of carbonyl (C=O) groups excluding carboxylic acids is 1. The number of rotatable bonds is 4. The normalized spacial score (nSPS) is 19.5. The molecule has 1 fully saturated rings. The predicted molar refractivity (Wildman–Crippen MR) is 92.5 cm³/mol. The van der Waals surface area contributed by atoms with Crippen molar-refractivity contribution in [3.8, 4) is 0 Å². The SMILES string of the molecule is COC(=O)C(=NCO)c1cc(B2OC(C)(C)C(C)(C)O2)ccc1C. The van der Waals surface area contributed by atoms with Gasteiger partial charge < -0.3 is 19.2 Å². The first-order chi connectivity index (χ1) is 11.1. The van der Waals surface area contributed by atoms with Gasteiger partial charge in [0.25, 0.3) is 0 Å². The second-order valence-electron chi connectivity index (χ2n) is 6.80. The first kappa shape index (κ1) is 18.6. The molecule has 0 unspecified atom stereocenters. The summed E-state index contributed by atoms with van der Waals surface area (Å²) in [6.07, 6.45) is 0. The van der Waals surface area contributed by atoms with Gasteiger partial charge in [-0.2, -0.15) is 0 Å². The van der Waals surface area contributed by atoms with Crippen LogP contribution >= 0.6 is 0 Å². The Hall–Kier alpha value is -1.70. The van der Waals surface area contributed by atoms with E-state index in [9.17, 15) is 4.79 Å². The van der Waals surface area contributed by atoms with Crippen molar-refractivity contribution in [2.24, 2.45) is 4.99 Å². The summed E-state index contributed by atoms with van der Waals surface area (Å²) in [6, 6.07) is 5.56. The predicted octanol–water partition coefficient (Wildman–Crippen LogP) is 1.21. The molecule has 1 N–H and O–H groups in total. The summed E-state index contributed by atoms with van der Waals surface area (Å²) in [4.78, 5) is 15.8. The summed E-state index contributed by atoms with van der Waals surface area (Å²) in [5.74, 6) is -0.599. The molecule has 0 atom stereocenters. The van der Waals surface area contributed by atoms with E-state index in [4.69, 9.17) is 19.2 Å². The van der Waals surface area contributed by atoms with Crippen molar-refractivity contribution >= 4 is 24.3 Å². The molecule has 130 valence electrons. The van der Waals surface area contributed by atoms with Crippen LogP contribution in [0.15, 0.2) is 23.2 Å². The van der Waals surface area contributed by atoms with Gasteiger partial charge in [-0.15, -0.1) is 0 Å². The molecule has 1 aliphatic rings. The third kappa shape index (κ3) is 3.38. The van der Waals surface area contributed by atoms with Crippen LogP contribution in [-0.4, -0.2) is 48.9 Å². The van der Waals surface area contributed by atoms with Gasteiger partial charge >= 0.3 is 13.1 Å². The lowest BCUT2D eigenvalue weighted by Crippen LogP contribution is -2.41. The molecule has 1 saturated heterocycles. The van der Waals surface area contributed by atoms with Gasteiger partial charge in [-0.3, -0.25) is 0 Å². The van der Waals surface area contributed by atoms with E-state index < -0.39 is 31.0 Å². The van der Waals surface area contributed by atoms with Gasteiger partial charge in [0.2, 0.25) is 0 Å². The van der Waals surface area contributed by atoms with E-state index in [1.165, 1.54) is 7.11 Å². The molecule has 1 aromatic rings. The van der Waals surface area contributed by atoms with Crippen LogP contribution in [0.5, 0.6) is 0 Å². The van der Waals surface area contributed by atoms with Crippen molar-refractivity contribution in [3.05, 3.63) is 29.3 Å². The molecular formula is C17H24BNO5. The molecule has 24 heavy (non-hydrogen) atoms. The van der Waals surface area contributed by atoms with Gasteiger partial charge in [0.15, 0.2) is 5.71 Å². The number of hydrogen-bond donors (Lipinski definition) is 1. The van der Waals surface area contributed by atoms with Crippen molar-refractivity contribution in [2.45, 2.75) is 45.8 Å². The van der Waals surface area contributed by atoms with Crippen molar-refractivity contribution < 1.29 is 23.9 Å². The van der Waals surface area contributed by atoms with Crippen LogP contribution in [0.2, 0.25) is 0 Å². The molecule has 2 rings (SSSR count). The highest BCUT2D eigenvalue weighted by Crippen LogP contribution is 2.36. The van der Waals surface area contributed by atoms with Crippen molar-refractivity contribution in [1.82, 2.24) is 0 Å². The summed E-state index contributed by atoms with van der Waals surface area (Å²) in [5, 5.41) is 9.11. The van der Waals surface area contributed by atoms with Gasteiger partial charge in [0.1, 0.15) is 6.73 Å². The zero-order valence-electron chi connectivity index (χ0n) is 15.0. The maximum Gasteiger partial charge on any atom is 0.494 e. The van der Waals surface area contributed by atoms with E-state index in [1.54, 1.807) is 6.07 Å². The molecule has 7 heteroatoms. The van der Waals surface area contributed by atoms with E-state index in [2.05, 4.69) is 4.99 Å². The van der Waals surface area contributed by atoms with Crippen LogP contribution in [0.4, 0.5) is 0 Å². The average molecular weight is 333 g/mol. The Morgan fingerprint density at radius 3 is 2.33 bits per heavy atom. The molecule has 1 aromatic carbocycles. The number of aliphatic hydroxyl groups excluding tert-OH is 1. The van der Waals surface area contributed by atoms with Crippen LogP contribution in [-0.2, 0) is 18.8 Å². The number of methoxy groups -OCH3 is 1. The highest BCUT2D eigenvalue weighted by atomic mass is 16.7. The van der Waals surface area contributed by atoms with Gasteiger partial charge in [-0.05, 0) is 45.6 Å². The molecule has 0 radical (unpaired) electrons. The summed E-state index contributed by atoms with van der Waals surface area (Å²) < 4.78 is 16.9. The van der Waals surface area contributed by atoms with Crippen LogP contribution < -0.4 is 5.46 Å². The Morgan fingerprint density at radius 2 is 1.83 bits per heavy atom. The third-order valence-electron chi connectivity index (χ3n) is 4.65. The standard InChI is InChI=1S/C17H24BNO5/c1-11-7-8-12(18-23-16(2,3)17(4,5)24-18)9-13(11)14(19-10-20)15(21)22-6/h7-9,20H,10H2,1-6H3. The third-order valence-corrected chi connectivity index (χ3v) is 4.65. The number of aryl methyl sites for hydroxylation is 1. The second-order valence-corrected chi connectivity index (χ2v) is 6.80. The minimum absolute atomic E-state index is 0.0795.